The van der Waals surface area contributed by atoms with Crippen molar-refractivity contribution in [3.05, 3.63) is 35.4 Å². The number of nitrogens with zero attached hydrogens (tertiary/aromatic N) is 4. The highest BCUT2D eigenvalue weighted by Gasteiger charge is 2.48. The second-order valence-electron chi connectivity index (χ2n) is 7.53. The maximum atomic E-state index is 12.5. The van der Waals surface area contributed by atoms with Crippen molar-refractivity contribution in [3.8, 4) is 0 Å². The fourth-order valence-corrected chi connectivity index (χ4v) is 3.16. The van der Waals surface area contributed by atoms with Crippen LogP contribution in [0.3, 0.4) is 0 Å². The van der Waals surface area contributed by atoms with Crippen molar-refractivity contribution in [3.63, 3.8) is 0 Å². The predicted octanol–water partition coefficient (Wildman–Crippen LogP) is 2.05. The number of carbonyl (C=O) groups excluding carboxylic acids is 2. The van der Waals surface area contributed by atoms with E-state index in [0.29, 0.717) is 6.54 Å². The van der Waals surface area contributed by atoms with Gasteiger partial charge < -0.3 is 9.80 Å². The molecule has 128 valence electrons. The molecule has 0 radical (unpaired) electrons. The monoisotopic (exact) mass is 328 g/mol. The summed E-state index contributed by atoms with van der Waals surface area (Å²) in [5, 5.41) is 0. The Morgan fingerprint density at radius 3 is 2.29 bits per heavy atom. The molecule has 6 nitrogen and oxygen atoms in total. The van der Waals surface area contributed by atoms with Crippen LogP contribution in [0.25, 0.3) is 0 Å². The number of hydrogen-bond acceptors (Lipinski definition) is 4. The minimum atomic E-state index is -0.444. The van der Waals surface area contributed by atoms with Gasteiger partial charge in [0, 0.05) is 20.6 Å². The van der Waals surface area contributed by atoms with E-state index in [1.54, 1.807) is 13.4 Å². The first-order valence-electron chi connectivity index (χ1n) is 8.13. The molecule has 3 rings (SSSR count). The summed E-state index contributed by atoms with van der Waals surface area (Å²) in [6, 6.07) is 7.69. The van der Waals surface area contributed by atoms with Crippen molar-refractivity contribution in [1.82, 2.24) is 14.7 Å². The summed E-state index contributed by atoms with van der Waals surface area (Å²) in [6.45, 7) is 7.14. The zero-order valence-corrected chi connectivity index (χ0v) is 14.9. The quantitative estimate of drug-likeness (QED) is 0.835. The zero-order chi connectivity index (χ0) is 17.6. The molecule has 1 aromatic rings. The van der Waals surface area contributed by atoms with Crippen LogP contribution in [0.15, 0.2) is 29.3 Å². The van der Waals surface area contributed by atoms with Crippen LogP contribution in [-0.4, -0.2) is 59.3 Å². The summed E-state index contributed by atoms with van der Waals surface area (Å²) in [5.74, 6) is -0.202. The van der Waals surface area contributed by atoms with E-state index in [1.807, 2.05) is 4.90 Å². The Morgan fingerprint density at radius 1 is 1.08 bits per heavy atom. The van der Waals surface area contributed by atoms with Gasteiger partial charge in [0.15, 0.2) is 12.2 Å². The normalized spacial score (nSPS) is 24.0. The van der Waals surface area contributed by atoms with Crippen LogP contribution in [0.1, 0.15) is 31.9 Å². The molecule has 1 saturated heterocycles. The third kappa shape index (κ3) is 2.66. The van der Waals surface area contributed by atoms with Gasteiger partial charge in [-0.1, -0.05) is 45.0 Å². The van der Waals surface area contributed by atoms with E-state index in [4.69, 9.17) is 0 Å². The van der Waals surface area contributed by atoms with E-state index in [0.717, 1.165) is 5.56 Å². The molecule has 2 unspecified atom stereocenters. The van der Waals surface area contributed by atoms with E-state index in [9.17, 15) is 9.59 Å². The van der Waals surface area contributed by atoms with Crippen LogP contribution in [0, 0.1) is 0 Å². The number of rotatable bonds is 2. The standard InChI is InChI=1S/C18H24N4O2/c1-18(2,3)13-8-6-12(7-9-13)10-22-11-19-15-14(22)16(23)21(5)17(24)20(15)4/h6-9,11,14-15H,10H2,1-5H3. The third-order valence-electron chi connectivity index (χ3n) is 4.76. The lowest BCUT2D eigenvalue weighted by Gasteiger charge is -2.39. The van der Waals surface area contributed by atoms with Gasteiger partial charge in [0.05, 0.1) is 6.34 Å². The topological polar surface area (TPSA) is 56.2 Å². The largest absolute Gasteiger partial charge is 0.343 e. The first kappa shape index (κ1) is 16.5. The van der Waals surface area contributed by atoms with Crippen LogP contribution in [0.2, 0.25) is 0 Å². The molecule has 2 atom stereocenters. The molecule has 0 aromatic heterocycles. The highest BCUT2D eigenvalue weighted by molar-refractivity contribution is 6.01. The lowest BCUT2D eigenvalue weighted by Crippen LogP contribution is -2.63. The average molecular weight is 328 g/mol. The molecular formula is C18H24N4O2. The summed E-state index contributed by atoms with van der Waals surface area (Å²) in [7, 11) is 3.20. The minimum absolute atomic E-state index is 0.115. The van der Waals surface area contributed by atoms with Crippen molar-refractivity contribution >= 4 is 18.3 Å². The van der Waals surface area contributed by atoms with Gasteiger partial charge in [-0.15, -0.1) is 0 Å². The number of urea groups is 1. The Kier molecular flexibility index (Phi) is 3.86. The zero-order valence-electron chi connectivity index (χ0n) is 14.9. The fraction of sp³-hybridized carbons (Fsp3) is 0.500. The lowest BCUT2D eigenvalue weighted by molar-refractivity contribution is -0.136. The van der Waals surface area contributed by atoms with Gasteiger partial charge >= 0.3 is 6.03 Å². The maximum Gasteiger partial charge on any atom is 0.328 e. The first-order chi connectivity index (χ1) is 11.2. The molecule has 0 N–H and O–H groups in total. The number of fused-ring (bicyclic) bond motifs is 1. The number of likely N-dealkylation sites (N-methyl/N-ethyl adjacent to an activating group) is 2. The Labute approximate surface area is 142 Å². The van der Waals surface area contributed by atoms with E-state index >= 15 is 0 Å². The second kappa shape index (κ2) is 5.61. The van der Waals surface area contributed by atoms with E-state index in [1.165, 1.54) is 22.4 Å². The number of carbonyl (C=O) groups is 2. The SMILES string of the molecule is CN1C(=O)C2C(N=CN2Cc2ccc(C(C)(C)C)cc2)N(C)C1=O. The number of amides is 3. The van der Waals surface area contributed by atoms with E-state index in [2.05, 4.69) is 50.0 Å². The summed E-state index contributed by atoms with van der Waals surface area (Å²) >= 11 is 0. The van der Waals surface area contributed by atoms with Crippen LogP contribution in [0.4, 0.5) is 4.79 Å². The molecule has 6 heteroatoms. The van der Waals surface area contributed by atoms with Crippen molar-refractivity contribution in [1.29, 1.82) is 0 Å². The Hall–Kier alpha value is -2.37. The third-order valence-corrected chi connectivity index (χ3v) is 4.76. The minimum Gasteiger partial charge on any atom is -0.343 e. The molecule has 0 bridgehead atoms. The molecule has 1 fully saturated rings. The van der Waals surface area contributed by atoms with Gasteiger partial charge in [-0.25, -0.2) is 9.79 Å². The van der Waals surface area contributed by atoms with E-state index < -0.39 is 12.2 Å². The molecule has 2 heterocycles. The smallest absolute Gasteiger partial charge is 0.328 e. The van der Waals surface area contributed by atoms with Gasteiger partial charge in [-0.2, -0.15) is 0 Å². The van der Waals surface area contributed by atoms with Gasteiger partial charge in [-0.3, -0.25) is 9.69 Å². The maximum absolute atomic E-state index is 12.5. The molecule has 1 aromatic carbocycles. The van der Waals surface area contributed by atoms with E-state index in [-0.39, 0.29) is 17.4 Å². The highest BCUT2D eigenvalue weighted by Crippen LogP contribution is 2.27. The molecule has 3 amide bonds. The summed E-state index contributed by atoms with van der Waals surface area (Å²) in [4.78, 5) is 33.5. The van der Waals surface area contributed by atoms with Gasteiger partial charge in [0.1, 0.15) is 0 Å². The molecule has 24 heavy (non-hydrogen) atoms. The lowest BCUT2D eigenvalue weighted by atomic mass is 9.87. The van der Waals surface area contributed by atoms with Crippen LogP contribution in [0.5, 0.6) is 0 Å². The number of benzene rings is 1. The van der Waals surface area contributed by atoms with Crippen molar-refractivity contribution in [2.45, 2.75) is 44.9 Å². The summed E-state index contributed by atoms with van der Waals surface area (Å²) in [6.07, 6.45) is 1.25. The van der Waals surface area contributed by atoms with Crippen LogP contribution in [-0.2, 0) is 16.8 Å². The first-order valence-corrected chi connectivity index (χ1v) is 8.13. The van der Waals surface area contributed by atoms with Crippen LogP contribution >= 0.6 is 0 Å². The Balaban J connectivity index is 1.78. The summed E-state index contributed by atoms with van der Waals surface area (Å²) in [5.41, 5.74) is 2.51. The highest BCUT2D eigenvalue weighted by atomic mass is 16.2. The molecule has 2 aliphatic rings. The molecule has 2 aliphatic heterocycles. The Bertz CT molecular complexity index is 690. The molecule has 0 saturated carbocycles. The second-order valence-corrected chi connectivity index (χ2v) is 7.53. The average Bonchev–Trinajstić information content (AvgIpc) is 2.94. The number of imide groups is 1. The molecular weight excluding hydrogens is 304 g/mol. The molecule has 0 spiro atoms. The van der Waals surface area contributed by atoms with Crippen LogP contribution < -0.4 is 0 Å². The van der Waals surface area contributed by atoms with Gasteiger partial charge in [0.25, 0.3) is 5.91 Å². The fourth-order valence-electron chi connectivity index (χ4n) is 3.16. The summed E-state index contributed by atoms with van der Waals surface area (Å²) < 4.78 is 0. The number of aliphatic imine (C=N–C) groups is 1. The van der Waals surface area contributed by atoms with Crippen molar-refractivity contribution in [2.24, 2.45) is 4.99 Å². The van der Waals surface area contributed by atoms with Crippen molar-refractivity contribution in [2.75, 3.05) is 14.1 Å². The predicted molar refractivity (Wildman–Crippen MR) is 92.7 cm³/mol. The van der Waals surface area contributed by atoms with Crippen molar-refractivity contribution < 1.29 is 9.59 Å². The van der Waals surface area contributed by atoms with Gasteiger partial charge in [0.2, 0.25) is 0 Å². The Morgan fingerprint density at radius 2 is 1.71 bits per heavy atom. The van der Waals surface area contributed by atoms with Gasteiger partial charge in [-0.05, 0) is 16.5 Å². The molecule has 0 aliphatic carbocycles. The number of hydrogen-bond donors (Lipinski definition) is 0.